The molecule has 2 N–H and O–H groups in total. The molecule has 0 saturated heterocycles. The summed E-state index contributed by atoms with van der Waals surface area (Å²) in [6.45, 7) is 5.89. The molecular formula is C13H17FN4O. The van der Waals surface area contributed by atoms with Gasteiger partial charge in [-0.05, 0) is 32.9 Å². The first-order chi connectivity index (χ1) is 8.91. The predicted octanol–water partition coefficient (Wildman–Crippen LogP) is 2.00. The normalized spacial score (nSPS) is 11.6. The zero-order valence-corrected chi connectivity index (χ0v) is 11.2. The van der Waals surface area contributed by atoms with E-state index in [1.807, 2.05) is 13.8 Å². The minimum absolute atomic E-state index is 0.228. The monoisotopic (exact) mass is 264 g/mol. The lowest BCUT2D eigenvalue weighted by Gasteiger charge is -2.13. The minimum atomic E-state index is -0.581. The molecule has 0 aliphatic heterocycles. The van der Waals surface area contributed by atoms with Crippen LogP contribution in [0.15, 0.2) is 24.4 Å². The maximum absolute atomic E-state index is 13.8. The molecule has 0 aliphatic rings. The second kappa shape index (κ2) is 4.97. The van der Waals surface area contributed by atoms with E-state index in [-0.39, 0.29) is 5.75 Å². The van der Waals surface area contributed by atoms with Gasteiger partial charge in [-0.3, -0.25) is 0 Å². The Hall–Kier alpha value is -1.95. The molecule has 1 heterocycles. The van der Waals surface area contributed by atoms with E-state index in [0.717, 1.165) is 0 Å². The van der Waals surface area contributed by atoms with Crippen molar-refractivity contribution in [3.8, 4) is 11.4 Å². The summed E-state index contributed by atoms with van der Waals surface area (Å²) in [5.74, 6) is -0.200. The average molecular weight is 264 g/mol. The second-order valence-electron chi connectivity index (χ2n) is 4.82. The molecule has 0 fully saturated rings. The van der Waals surface area contributed by atoms with E-state index in [0.29, 0.717) is 18.0 Å². The number of hydrogen-bond donors (Lipinski definition) is 1. The molecule has 0 atom stereocenters. The highest BCUT2D eigenvalue weighted by atomic mass is 19.1. The van der Waals surface area contributed by atoms with Crippen LogP contribution in [0.25, 0.3) is 5.69 Å². The molecule has 1 aromatic heterocycles. The van der Waals surface area contributed by atoms with Crippen molar-refractivity contribution in [1.29, 1.82) is 0 Å². The van der Waals surface area contributed by atoms with Crippen LogP contribution in [0.4, 0.5) is 4.39 Å². The molecule has 102 valence electrons. The third-order valence-electron chi connectivity index (χ3n) is 2.63. The molecule has 2 aromatic rings. The molecule has 0 unspecified atom stereocenters. The summed E-state index contributed by atoms with van der Waals surface area (Å²) in [5, 5.41) is 7.94. The van der Waals surface area contributed by atoms with Crippen molar-refractivity contribution in [3.05, 3.63) is 35.9 Å². The second-order valence-corrected chi connectivity index (χ2v) is 4.82. The van der Waals surface area contributed by atoms with Crippen LogP contribution < -0.4 is 10.5 Å². The Bertz CT molecular complexity index is 574. The summed E-state index contributed by atoms with van der Waals surface area (Å²) in [6.07, 6.45) is 1.69. The van der Waals surface area contributed by atoms with Gasteiger partial charge in [0, 0.05) is 6.07 Å². The molecule has 0 bridgehead atoms. The lowest BCUT2D eigenvalue weighted by atomic mass is 10.0. The molecule has 1 aromatic carbocycles. The van der Waals surface area contributed by atoms with Gasteiger partial charge in [0.05, 0.1) is 24.0 Å². The summed E-state index contributed by atoms with van der Waals surface area (Å²) in [4.78, 5) is 0. The van der Waals surface area contributed by atoms with Crippen molar-refractivity contribution in [2.24, 2.45) is 5.73 Å². The SMILES string of the molecule is CCOc1ccc(-n2cc(C(C)(C)N)nn2)cc1F. The van der Waals surface area contributed by atoms with Crippen LogP contribution in [-0.4, -0.2) is 21.6 Å². The zero-order valence-electron chi connectivity index (χ0n) is 11.2. The number of nitrogens with zero attached hydrogens (tertiary/aromatic N) is 3. The number of benzene rings is 1. The first-order valence-electron chi connectivity index (χ1n) is 6.06. The van der Waals surface area contributed by atoms with E-state index in [1.165, 1.54) is 10.7 Å². The summed E-state index contributed by atoms with van der Waals surface area (Å²) < 4.78 is 20.4. The van der Waals surface area contributed by atoms with Crippen molar-refractivity contribution in [2.45, 2.75) is 26.3 Å². The Morgan fingerprint density at radius 1 is 1.42 bits per heavy atom. The van der Waals surface area contributed by atoms with Crippen molar-refractivity contribution < 1.29 is 9.13 Å². The Balaban J connectivity index is 2.32. The Morgan fingerprint density at radius 3 is 2.68 bits per heavy atom. The highest BCUT2D eigenvalue weighted by Crippen LogP contribution is 2.21. The molecule has 19 heavy (non-hydrogen) atoms. The molecule has 5 nitrogen and oxygen atoms in total. The van der Waals surface area contributed by atoms with Gasteiger partial charge in [0.1, 0.15) is 5.69 Å². The van der Waals surface area contributed by atoms with Gasteiger partial charge in [0.25, 0.3) is 0 Å². The molecule has 0 spiro atoms. The fourth-order valence-electron chi connectivity index (χ4n) is 1.59. The van der Waals surface area contributed by atoms with Gasteiger partial charge in [-0.2, -0.15) is 0 Å². The van der Waals surface area contributed by atoms with Gasteiger partial charge in [-0.15, -0.1) is 5.10 Å². The van der Waals surface area contributed by atoms with Gasteiger partial charge < -0.3 is 10.5 Å². The molecule has 0 aliphatic carbocycles. The van der Waals surface area contributed by atoms with E-state index in [1.54, 1.807) is 25.3 Å². The Morgan fingerprint density at radius 2 is 2.16 bits per heavy atom. The lowest BCUT2D eigenvalue weighted by Crippen LogP contribution is -2.29. The number of nitrogens with two attached hydrogens (primary N) is 1. The molecule has 0 radical (unpaired) electrons. The fourth-order valence-corrected chi connectivity index (χ4v) is 1.59. The molecule has 0 amide bonds. The summed E-state index contributed by atoms with van der Waals surface area (Å²) in [6, 6.07) is 4.64. The fraction of sp³-hybridized carbons (Fsp3) is 0.385. The van der Waals surface area contributed by atoms with Gasteiger partial charge in [-0.1, -0.05) is 5.21 Å². The molecule has 6 heteroatoms. The van der Waals surface area contributed by atoms with Gasteiger partial charge >= 0.3 is 0 Å². The van der Waals surface area contributed by atoms with Gasteiger partial charge in [0.15, 0.2) is 11.6 Å². The summed E-state index contributed by atoms with van der Waals surface area (Å²) in [7, 11) is 0. The van der Waals surface area contributed by atoms with Crippen molar-refractivity contribution in [3.63, 3.8) is 0 Å². The molecule has 0 saturated carbocycles. The van der Waals surface area contributed by atoms with E-state index < -0.39 is 11.4 Å². The van der Waals surface area contributed by atoms with Crippen LogP contribution in [0, 0.1) is 5.82 Å². The smallest absolute Gasteiger partial charge is 0.167 e. The zero-order chi connectivity index (χ0) is 14.0. The Labute approximate surface area is 111 Å². The third-order valence-corrected chi connectivity index (χ3v) is 2.63. The van der Waals surface area contributed by atoms with Crippen LogP contribution in [0.5, 0.6) is 5.75 Å². The first-order valence-corrected chi connectivity index (χ1v) is 6.06. The molecular weight excluding hydrogens is 247 g/mol. The topological polar surface area (TPSA) is 66.0 Å². The van der Waals surface area contributed by atoms with E-state index in [9.17, 15) is 4.39 Å². The number of aromatic nitrogens is 3. The maximum atomic E-state index is 13.8. The largest absolute Gasteiger partial charge is 0.491 e. The average Bonchev–Trinajstić information content (AvgIpc) is 2.81. The summed E-state index contributed by atoms with van der Waals surface area (Å²) >= 11 is 0. The number of halogens is 1. The lowest BCUT2D eigenvalue weighted by molar-refractivity contribution is 0.321. The predicted molar refractivity (Wildman–Crippen MR) is 69.7 cm³/mol. The van der Waals surface area contributed by atoms with Crippen LogP contribution in [0.1, 0.15) is 26.5 Å². The standard InChI is InChI=1S/C13H17FN4O/c1-4-19-11-6-5-9(7-10(11)14)18-8-12(16-17-18)13(2,3)15/h5-8H,4,15H2,1-3H3. The van der Waals surface area contributed by atoms with Crippen LogP contribution in [0.3, 0.4) is 0 Å². The van der Waals surface area contributed by atoms with Crippen molar-refractivity contribution >= 4 is 0 Å². The number of hydrogen-bond acceptors (Lipinski definition) is 4. The van der Waals surface area contributed by atoms with E-state index in [2.05, 4.69) is 10.3 Å². The highest BCUT2D eigenvalue weighted by molar-refractivity contribution is 5.38. The van der Waals surface area contributed by atoms with Crippen LogP contribution in [-0.2, 0) is 5.54 Å². The quantitative estimate of drug-likeness (QED) is 0.917. The first kappa shape index (κ1) is 13.5. The highest BCUT2D eigenvalue weighted by Gasteiger charge is 2.19. The van der Waals surface area contributed by atoms with E-state index >= 15 is 0 Å². The summed E-state index contributed by atoms with van der Waals surface area (Å²) in [5.41, 5.74) is 6.56. The minimum Gasteiger partial charge on any atom is -0.491 e. The van der Waals surface area contributed by atoms with E-state index in [4.69, 9.17) is 10.5 Å². The van der Waals surface area contributed by atoms with Gasteiger partial charge in [0.2, 0.25) is 0 Å². The van der Waals surface area contributed by atoms with Crippen LogP contribution >= 0.6 is 0 Å². The third kappa shape index (κ3) is 2.90. The number of rotatable bonds is 4. The Kier molecular flexibility index (Phi) is 3.53. The van der Waals surface area contributed by atoms with Crippen molar-refractivity contribution in [1.82, 2.24) is 15.0 Å². The van der Waals surface area contributed by atoms with Crippen LogP contribution in [0.2, 0.25) is 0 Å². The maximum Gasteiger partial charge on any atom is 0.167 e. The number of ether oxygens (including phenoxy) is 1. The van der Waals surface area contributed by atoms with Crippen molar-refractivity contribution in [2.75, 3.05) is 6.61 Å². The molecule has 2 rings (SSSR count). The van der Waals surface area contributed by atoms with Gasteiger partial charge in [-0.25, -0.2) is 9.07 Å².